The normalized spacial score (nSPS) is 19.0. The molecule has 1 saturated carbocycles. The van der Waals surface area contributed by atoms with Crippen LogP contribution in [0.15, 0.2) is 0 Å². The molecule has 0 aromatic carbocycles. The van der Waals surface area contributed by atoms with E-state index in [9.17, 15) is 13.2 Å². The number of nitrogens with zero attached hydrogens (tertiary/aromatic N) is 1. The van der Waals surface area contributed by atoms with Crippen LogP contribution in [0.1, 0.15) is 40.5 Å². The lowest BCUT2D eigenvalue weighted by atomic mass is 10.0. The number of halogens is 3. The molecule has 1 aliphatic rings. The van der Waals surface area contributed by atoms with Crippen molar-refractivity contribution in [2.45, 2.75) is 64.8 Å². The van der Waals surface area contributed by atoms with Gasteiger partial charge in [-0.3, -0.25) is 4.90 Å². The predicted molar refractivity (Wildman–Crippen MR) is 67.5 cm³/mol. The number of hydrogen-bond donors (Lipinski definition) is 1. The van der Waals surface area contributed by atoms with Crippen LogP contribution >= 0.6 is 0 Å². The highest BCUT2D eigenvalue weighted by atomic mass is 19.4. The summed E-state index contributed by atoms with van der Waals surface area (Å²) in [5.41, 5.74) is 0. The van der Waals surface area contributed by atoms with Crippen molar-refractivity contribution in [2.75, 3.05) is 13.1 Å². The monoisotopic (exact) mass is 266 g/mol. The third-order valence-corrected chi connectivity index (χ3v) is 3.41. The first-order chi connectivity index (χ1) is 8.20. The highest BCUT2D eigenvalue weighted by Gasteiger charge is 2.36. The second-order valence-electron chi connectivity index (χ2n) is 5.88. The Labute approximate surface area is 108 Å². The van der Waals surface area contributed by atoms with Crippen molar-refractivity contribution in [3.05, 3.63) is 0 Å². The van der Waals surface area contributed by atoms with Gasteiger partial charge in [0.15, 0.2) is 0 Å². The molecule has 0 aliphatic heterocycles. The molecule has 0 bridgehead atoms. The van der Waals surface area contributed by atoms with Gasteiger partial charge in [-0.05, 0) is 32.6 Å². The van der Waals surface area contributed by atoms with Gasteiger partial charge >= 0.3 is 6.18 Å². The number of rotatable bonds is 7. The quantitative estimate of drug-likeness (QED) is 0.762. The highest BCUT2D eigenvalue weighted by molar-refractivity contribution is 4.87. The Morgan fingerprint density at radius 3 is 2.06 bits per heavy atom. The summed E-state index contributed by atoms with van der Waals surface area (Å²) in [5.74, 6) is 0.209. The largest absolute Gasteiger partial charge is 0.401 e. The van der Waals surface area contributed by atoms with Gasteiger partial charge in [-0.15, -0.1) is 0 Å². The molecule has 1 N–H and O–H groups in total. The molecular weight excluding hydrogens is 241 g/mol. The molecule has 0 aromatic heterocycles. The summed E-state index contributed by atoms with van der Waals surface area (Å²) in [5, 5.41) is 3.35. The molecule has 1 unspecified atom stereocenters. The van der Waals surface area contributed by atoms with Crippen LogP contribution in [0, 0.1) is 5.92 Å². The topological polar surface area (TPSA) is 15.3 Å². The summed E-state index contributed by atoms with van der Waals surface area (Å²) in [6, 6.07) is 0.374. The van der Waals surface area contributed by atoms with Crippen molar-refractivity contribution in [1.29, 1.82) is 0 Å². The zero-order chi connectivity index (χ0) is 13.9. The molecule has 0 heterocycles. The van der Waals surface area contributed by atoms with Crippen LogP contribution < -0.4 is 5.32 Å². The van der Waals surface area contributed by atoms with Gasteiger partial charge in [0.1, 0.15) is 0 Å². The average molecular weight is 266 g/mol. The van der Waals surface area contributed by atoms with Crippen LogP contribution in [0.5, 0.6) is 0 Å². The lowest BCUT2D eigenvalue weighted by Crippen LogP contribution is -2.52. The van der Waals surface area contributed by atoms with Gasteiger partial charge in [-0.2, -0.15) is 13.2 Å². The Morgan fingerprint density at radius 2 is 1.72 bits per heavy atom. The van der Waals surface area contributed by atoms with Crippen molar-refractivity contribution in [3.8, 4) is 0 Å². The molecule has 1 rings (SSSR count). The van der Waals surface area contributed by atoms with Gasteiger partial charge in [-0.25, -0.2) is 0 Å². The molecule has 0 saturated heterocycles. The van der Waals surface area contributed by atoms with E-state index in [-0.39, 0.29) is 18.0 Å². The summed E-state index contributed by atoms with van der Waals surface area (Å²) < 4.78 is 37.9. The van der Waals surface area contributed by atoms with Gasteiger partial charge in [0.25, 0.3) is 0 Å². The van der Waals surface area contributed by atoms with E-state index in [0.29, 0.717) is 12.6 Å². The minimum absolute atomic E-state index is 0.0628. The first kappa shape index (κ1) is 15.8. The van der Waals surface area contributed by atoms with Crippen molar-refractivity contribution >= 4 is 0 Å². The van der Waals surface area contributed by atoms with E-state index in [1.54, 1.807) is 4.90 Å². The maximum atomic E-state index is 12.6. The molecule has 1 atom stereocenters. The van der Waals surface area contributed by atoms with E-state index in [2.05, 4.69) is 5.32 Å². The molecule has 2 nitrogen and oxygen atoms in total. The van der Waals surface area contributed by atoms with Crippen LogP contribution in [-0.4, -0.2) is 42.3 Å². The molecule has 0 amide bonds. The van der Waals surface area contributed by atoms with Gasteiger partial charge in [0.2, 0.25) is 0 Å². The van der Waals surface area contributed by atoms with E-state index >= 15 is 0 Å². The van der Waals surface area contributed by atoms with Crippen molar-refractivity contribution in [2.24, 2.45) is 5.92 Å². The summed E-state index contributed by atoms with van der Waals surface area (Å²) >= 11 is 0. The Bertz CT molecular complexity index is 247. The molecule has 5 heteroatoms. The molecule has 0 aromatic rings. The Morgan fingerprint density at radius 1 is 1.17 bits per heavy atom. The van der Waals surface area contributed by atoms with Crippen molar-refractivity contribution in [1.82, 2.24) is 10.2 Å². The zero-order valence-electron chi connectivity index (χ0n) is 11.7. The number of alkyl halides is 3. The predicted octanol–water partition coefficient (Wildman–Crippen LogP) is 3.04. The van der Waals surface area contributed by atoms with Crippen LogP contribution in [0.25, 0.3) is 0 Å². The molecule has 0 spiro atoms. The summed E-state index contributed by atoms with van der Waals surface area (Å²) in [6.45, 7) is 7.48. The van der Waals surface area contributed by atoms with E-state index in [4.69, 9.17) is 0 Å². The van der Waals surface area contributed by atoms with Gasteiger partial charge in [-0.1, -0.05) is 13.8 Å². The van der Waals surface area contributed by atoms with Gasteiger partial charge < -0.3 is 5.32 Å². The summed E-state index contributed by atoms with van der Waals surface area (Å²) in [7, 11) is 0. The first-order valence-electron chi connectivity index (χ1n) is 6.76. The van der Waals surface area contributed by atoms with Crippen LogP contribution in [0.3, 0.4) is 0 Å². The van der Waals surface area contributed by atoms with Gasteiger partial charge in [0.05, 0.1) is 6.54 Å². The number of hydrogen-bond acceptors (Lipinski definition) is 2. The molecule has 18 heavy (non-hydrogen) atoms. The smallest absolute Gasteiger partial charge is 0.312 e. The highest BCUT2D eigenvalue weighted by Crippen LogP contribution is 2.24. The van der Waals surface area contributed by atoms with Crippen molar-refractivity contribution in [3.63, 3.8) is 0 Å². The van der Waals surface area contributed by atoms with Crippen LogP contribution in [-0.2, 0) is 0 Å². The molecular formula is C13H25F3N2. The van der Waals surface area contributed by atoms with Crippen LogP contribution in [0.2, 0.25) is 0 Å². The average Bonchev–Trinajstić information content (AvgIpc) is 2.97. The van der Waals surface area contributed by atoms with Gasteiger partial charge in [0, 0.05) is 24.7 Å². The lowest BCUT2D eigenvalue weighted by molar-refractivity contribution is -0.157. The maximum absolute atomic E-state index is 12.6. The Balaban J connectivity index is 2.63. The zero-order valence-corrected chi connectivity index (χ0v) is 11.7. The first-order valence-corrected chi connectivity index (χ1v) is 6.76. The van der Waals surface area contributed by atoms with E-state index < -0.39 is 12.7 Å². The summed E-state index contributed by atoms with van der Waals surface area (Å²) in [6.07, 6.45) is -1.81. The Kier molecular flexibility index (Phi) is 5.46. The minimum Gasteiger partial charge on any atom is -0.312 e. The third kappa shape index (κ3) is 5.57. The lowest BCUT2D eigenvalue weighted by Gasteiger charge is -2.38. The van der Waals surface area contributed by atoms with Crippen LogP contribution in [0.4, 0.5) is 13.2 Å². The third-order valence-electron chi connectivity index (χ3n) is 3.41. The SMILES string of the molecule is CC(C)C(CNC1CC1)N(CC(F)(F)F)C(C)C. The second-order valence-corrected chi connectivity index (χ2v) is 5.88. The van der Waals surface area contributed by atoms with E-state index in [1.165, 1.54) is 0 Å². The standard InChI is InChI=1S/C13H25F3N2/c1-9(2)12(7-17-11-5-6-11)18(10(3)4)8-13(14,15)16/h9-12,17H,5-8H2,1-4H3. The molecule has 108 valence electrons. The van der Waals surface area contributed by atoms with E-state index in [0.717, 1.165) is 12.8 Å². The molecule has 1 aliphatic carbocycles. The maximum Gasteiger partial charge on any atom is 0.401 e. The molecule has 1 fully saturated rings. The fourth-order valence-corrected chi connectivity index (χ4v) is 2.20. The summed E-state index contributed by atoms with van der Waals surface area (Å²) in [4.78, 5) is 1.57. The minimum atomic E-state index is -4.13. The molecule has 0 radical (unpaired) electrons. The fraction of sp³-hybridized carbons (Fsp3) is 1.00. The second kappa shape index (κ2) is 6.24. The number of nitrogens with one attached hydrogen (secondary N) is 1. The van der Waals surface area contributed by atoms with E-state index in [1.807, 2.05) is 27.7 Å². The fourth-order valence-electron chi connectivity index (χ4n) is 2.20. The Hall–Kier alpha value is -0.290. The van der Waals surface area contributed by atoms with Crippen molar-refractivity contribution < 1.29 is 13.2 Å².